The predicted molar refractivity (Wildman–Crippen MR) is 137 cm³/mol. The molecule has 4 rings (SSSR count). The molecule has 0 saturated heterocycles. The normalized spacial score (nSPS) is 16.5. The van der Waals surface area contributed by atoms with Gasteiger partial charge < -0.3 is 14.7 Å². The van der Waals surface area contributed by atoms with Gasteiger partial charge in [-0.1, -0.05) is 36.8 Å². The first-order valence-electron chi connectivity index (χ1n) is 11.4. The third kappa shape index (κ3) is 8.80. The Bertz CT molecular complexity index is 841. The van der Waals surface area contributed by atoms with E-state index in [-0.39, 0.29) is 22.8 Å². The maximum atomic E-state index is 9.71. The summed E-state index contributed by atoms with van der Waals surface area (Å²) in [6.07, 6.45) is 19.4. The van der Waals surface area contributed by atoms with E-state index in [0.29, 0.717) is 6.61 Å². The Kier molecular flexibility index (Phi) is 12.8. The van der Waals surface area contributed by atoms with E-state index in [4.69, 9.17) is 4.74 Å². The van der Waals surface area contributed by atoms with Gasteiger partial charge in [0.15, 0.2) is 0 Å². The van der Waals surface area contributed by atoms with Gasteiger partial charge in [-0.3, -0.25) is 0 Å². The van der Waals surface area contributed by atoms with Crippen molar-refractivity contribution in [1.29, 1.82) is 0 Å². The van der Waals surface area contributed by atoms with Gasteiger partial charge in [0.05, 0.1) is 0 Å². The predicted octanol–water partition coefficient (Wildman–Crippen LogP) is 5.97. The minimum atomic E-state index is 0. The quantitative estimate of drug-likeness (QED) is 0.458. The molecule has 0 atom stereocenters. The number of hydrogen-bond donors (Lipinski definition) is 1. The number of benzene rings is 2. The Morgan fingerprint density at radius 2 is 1.26 bits per heavy atom. The zero-order valence-corrected chi connectivity index (χ0v) is 21.2. The number of phenols is 1. The molecule has 2 saturated carbocycles. The van der Waals surface area contributed by atoms with Crippen LogP contribution in [0, 0.1) is 63.7 Å². The maximum Gasteiger partial charge on any atom is 2.00 e. The van der Waals surface area contributed by atoms with Gasteiger partial charge in [-0.05, 0) is 119 Å². The first-order chi connectivity index (χ1) is 16.1. The van der Waals surface area contributed by atoms with Crippen LogP contribution in [0.25, 0.3) is 5.57 Å². The molecule has 0 aromatic heterocycles. The second-order valence-electron chi connectivity index (χ2n) is 8.07. The molecule has 2 fully saturated rings. The number of ether oxygens (including phenoxy) is 1. The van der Waals surface area contributed by atoms with Crippen LogP contribution >= 0.6 is 0 Å². The van der Waals surface area contributed by atoms with Crippen LogP contribution in [0.3, 0.4) is 0 Å². The fraction of sp³-hybridized carbons (Fsp3) is 0.200. The van der Waals surface area contributed by atoms with Crippen molar-refractivity contribution in [1.82, 2.24) is 4.90 Å². The fourth-order valence-corrected chi connectivity index (χ4v) is 3.63. The van der Waals surface area contributed by atoms with Gasteiger partial charge in [-0.25, -0.2) is 0 Å². The molecule has 34 heavy (non-hydrogen) atoms. The molecule has 3 nitrogen and oxygen atoms in total. The number of phenolic OH excluding ortho intramolecular Hbond substituents is 1. The number of hydrogen-bond acceptors (Lipinski definition) is 3. The average Bonchev–Trinajstić information content (AvgIpc) is 3.56. The summed E-state index contributed by atoms with van der Waals surface area (Å²) in [4.78, 5) is 2.10. The Labute approximate surface area is 218 Å². The number of likely N-dealkylation sites (N-methyl/N-ethyl adjacent to an activating group) is 1. The van der Waals surface area contributed by atoms with Crippen LogP contribution in [-0.4, -0.2) is 37.3 Å². The molecule has 0 spiro atoms. The van der Waals surface area contributed by atoms with Gasteiger partial charge in [0.25, 0.3) is 0 Å². The number of nitrogens with zero attached hydrogens (tertiary/aromatic N) is 1. The van der Waals surface area contributed by atoms with Crippen molar-refractivity contribution < 1.29 is 26.9 Å². The first kappa shape index (κ1) is 28.5. The Balaban J connectivity index is 0.000000603. The minimum Gasteiger partial charge on any atom is -0.508 e. The van der Waals surface area contributed by atoms with E-state index in [2.05, 4.69) is 49.6 Å². The van der Waals surface area contributed by atoms with Crippen molar-refractivity contribution in [3.05, 3.63) is 129 Å². The molecule has 0 amide bonds. The summed E-state index contributed by atoms with van der Waals surface area (Å²) < 4.78 is 5.84. The largest absolute Gasteiger partial charge is 2.00 e. The summed E-state index contributed by atoms with van der Waals surface area (Å²) in [7, 11) is 4.08. The average molecular weight is 495 g/mol. The van der Waals surface area contributed by atoms with Crippen LogP contribution in [-0.2, 0) is 17.1 Å². The van der Waals surface area contributed by atoms with Crippen LogP contribution in [0.15, 0.2) is 54.1 Å². The first-order valence-corrected chi connectivity index (χ1v) is 11.4. The van der Waals surface area contributed by atoms with Crippen LogP contribution in [0.2, 0.25) is 0 Å². The molecule has 2 aliphatic rings. The molecule has 176 valence electrons. The Morgan fingerprint density at radius 3 is 1.74 bits per heavy atom. The molecule has 2 aliphatic carbocycles. The number of aromatic hydroxyl groups is 1. The van der Waals surface area contributed by atoms with Gasteiger partial charge in [0.1, 0.15) is 18.1 Å². The molecule has 0 bridgehead atoms. The van der Waals surface area contributed by atoms with E-state index in [1.165, 1.54) is 17.1 Å². The van der Waals surface area contributed by atoms with Crippen LogP contribution in [0.1, 0.15) is 24.5 Å². The third-order valence-corrected chi connectivity index (χ3v) is 5.33. The van der Waals surface area contributed by atoms with Crippen LogP contribution in [0.4, 0.5) is 0 Å². The van der Waals surface area contributed by atoms with Gasteiger partial charge >= 0.3 is 17.1 Å². The van der Waals surface area contributed by atoms with E-state index < -0.39 is 0 Å². The van der Waals surface area contributed by atoms with Gasteiger partial charge in [-0.15, -0.1) is 0 Å². The zero-order valence-electron chi connectivity index (χ0n) is 20.1. The smallest absolute Gasteiger partial charge is 0.508 e. The standard InChI is InChI=1S/C25H28NO2.C5H5.Fe/c1-4-24(19-7-5-6-8-19)25(20-9-13-22(27)14-10-20)21-11-15-23(16-12-21)28-18-17-26(2)3;1-2-4-5-3-1;/h5-16,27H,4,17-18H2,1-3H3;1-5H;/q;;+2/b25-24-;;. The van der Waals surface area contributed by atoms with Crippen LogP contribution in [0.5, 0.6) is 11.5 Å². The van der Waals surface area contributed by atoms with E-state index in [1.807, 2.05) is 70.5 Å². The van der Waals surface area contributed by atoms with Crippen molar-refractivity contribution >= 4 is 5.57 Å². The monoisotopic (exact) mass is 495 g/mol. The topological polar surface area (TPSA) is 32.7 Å². The van der Waals surface area contributed by atoms with Gasteiger partial charge in [0, 0.05) is 12.5 Å². The molecule has 0 aliphatic heterocycles. The Hall–Kier alpha value is -1.74. The van der Waals surface area contributed by atoms with E-state index >= 15 is 0 Å². The van der Waals surface area contributed by atoms with E-state index in [0.717, 1.165) is 29.8 Å². The summed E-state index contributed by atoms with van der Waals surface area (Å²) >= 11 is 0. The summed E-state index contributed by atoms with van der Waals surface area (Å²) in [6.45, 7) is 3.74. The fourth-order valence-electron chi connectivity index (χ4n) is 3.63. The molecular weight excluding hydrogens is 462 g/mol. The summed E-state index contributed by atoms with van der Waals surface area (Å²) in [5.41, 5.74) is 4.71. The van der Waals surface area contributed by atoms with Crippen molar-refractivity contribution in [3.8, 4) is 11.5 Å². The summed E-state index contributed by atoms with van der Waals surface area (Å²) in [5, 5.41) is 9.71. The second-order valence-corrected chi connectivity index (χ2v) is 8.07. The van der Waals surface area contributed by atoms with Crippen molar-refractivity contribution in [2.24, 2.45) is 0 Å². The summed E-state index contributed by atoms with van der Waals surface area (Å²) in [6, 6.07) is 15.7. The molecule has 0 heterocycles. The SMILES string of the molecule is CC/C([C]1[CH][CH][CH][CH]1)=C(\c1ccc(O)cc1)c1ccc(OCCN(C)C)cc1.[CH]1[CH][CH][CH][CH]1.[Fe+2]. The Morgan fingerprint density at radius 1 is 0.765 bits per heavy atom. The van der Waals surface area contributed by atoms with Crippen LogP contribution < -0.4 is 4.74 Å². The number of rotatable bonds is 8. The molecule has 2 aromatic rings. The van der Waals surface area contributed by atoms with Gasteiger partial charge in [-0.2, -0.15) is 0 Å². The van der Waals surface area contributed by atoms with Crippen molar-refractivity contribution in [3.63, 3.8) is 0 Å². The molecule has 0 unspecified atom stereocenters. The zero-order chi connectivity index (χ0) is 23.5. The molecule has 10 radical (unpaired) electrons. The second kappa shape index (κ2) is 15.3. The molecule has 1 N–H and O–H groups in total. The van der Waals surface area contributed by atoms with E-state index in [9.17, 15) is 5.11 Å². The molecular formula is C30H33FeNO2+2. The third-order valence-electron chi connectivity index (χ3n) is 5.33. The molecule has 4 heteroatoms. The van der Waals surface area contributed by atoms with Crippen molar-refractivity contribution in [2.45, 2.75) is 13.3 Å². The van der Waals surface area contributed by atoms with Crippen molar-refractivity contribution in [2.75, 3.05) is 27.2 Å². The van der Waals surface area contributed by atoms with Gasteiger partial charge in [0.2, 0.25) is 0 Å². The molecule has 2 aromatic carbocycles. The number of allylic oxidation sites excluding steroid dienone is 1. The van der Waals surface area contributed by atoms with E-state index in [1.54, 1.807) is 12.1 Å². The maximum absolute atomic E-state index is 9.71. The summed E-state index contributed by atoms with van der Waals surface area (Å²) in [5.74, 6) is 2.39. The minimum absolute atomic E-state index is 0.